The Morgan fingerprint density at radius 3 is 2.64 bits per heavy atom. The highest BCUT2D eigenvalue weighted by Crippen LogP contribution is 2.28. The number of nitrogens with one attached hydrogen (secondary N) is 3. The zero-order valence-corrected chi connectivity index (χ0v) is 17.4. The number of rotatable bonds is 5. The Morgan fingerprint density at radius 1 is 1.29 bits per heavy atom. The maximum atomic E-state index is 12.8. The van der Waals surface area contributed by atoms with Gasteiger partial charge in [0.15, 0.2) is 0 Å². The first kappa shape index (κ1) is 20.7. The maximum Gasteiger partial charge on any atom is 0.237 e. The third-order valence-electron chi connectivity index (χ3n) is 5.48. The lowest BCUT2D eigenvalue weighted by molar-refractivity contribution is -0.134. The third kappa shape index (κ3) is 5.52. The molecule has 28 heavy (non-hydrogen) atoms. The topological polar surface area (TPSA) is 86.4 Å². The molecule has 154 valence electrons. The highest BCUT2D eigenvalue weighted by Gasteiger charge is 2.39. The fourth-order valence-corrected chi connectivity index (χ4v) is 4.79. The van der Waals surface area contributed by atoms with E-state index < -0.39 is 6.04 Å². The smallest absolute Gasteiger partial charge is 0.237 e. The van der Waals surface area contributed by atoms with Gasteiger partial charge in [0.25, 0.3) is 0 Å². The van der Waals surface area contributed by atoms with E-state index in [4.69, 9.17) is 0 Å². The zero-order valence-electron chi connectivity index (χ0n) is 17.4. The van der Waals surface area contributed by atoms with E-state index in [1.54, 1.807) is 6.20 Å². The average Bonchev–Trinajstić information content (AvgIpc) is 2.56. The van der Waals surface area contributed by atoms with Crippen LogP contribution >= 0.6 is 0 Å². The fraction of sp³-hybridized carbons (Fsp3) is 0.667. The van der Waals surface area contributed by atoms with Gasteiger partial charge in [0.2, 0.25) is 11.8 Å². The van der Waals surface area contributed by atoms with Gasteiger partial charge in [-0.3, -0.25) is 19.5 Å². The van der Waals surface area contributed by atoms with Crippen molar-refractivity contribution in [3.63, 3.8) is 0 Å². The minimum atomic E-state index is -0.448. The average molecular weight is 388 g/mol. The molecule has 0 saturated carbocycles. The number of piperidine rings is 1. The Hall–Kier alpha value is -1.99. The normalized spacial score (nSPS) is 25.1. The standard InChI is InChI=1S/C21H33N5O2/c1-20(2)11-16(12-21(3,4)25-20)24-18(27)10-17-19(28)23-8-9-26(17)14-15-6-5-7-22-13-15/h5-7,13,16-17,25H,8-12,14H2,1-4H3,(H,23,28)(H,24,27)/t17-/m1/s1. The maximum absolute atomic E-state index is 12.8. The number of carbonyl (C=O) groups excluding carboxylic acids is 2. The van der Waals surface area contributed by atoms with Crippen LogP contribution in [0.1, 0.15) is 52.5 Å². The number of nitrogens with zero attached hydrogens (tertiary/aromatic N) is 2. The van der Waals surface area contributed by atoms with Crippen LogP contribution in [0.2, 0.25) is 0 Å². The Kier molecular flexibility index (Phi) is 6.05. The first-order valence-corrected chi connectivity index (χ1v) is 10.1. The molecular weight excluding hydrogens is 354 g/mol. The van der Waals surface area contributed by atoms with Crippen molar-refractivity contribution in [2.45, 2.75) is 76.7 Å². The van der Waals surface area contributed by atoms with Crippen molar-refractivity contribution in [2.24, 2.45) is 0 Å². The number of amides is 2. The van der Waals surface area contributed by atoms with Gasteiger partial charge in [-0.05, 0) is 52.2 Å². The van der Waals surface area contributed by atoms with Gasteiger partial charge in [0.1, 0.15) is 0 Å². The molecule has 1 atom stereocenters. The molecule has 0 bridgehead atoms. The van der Waals surface area contributed by atoms with E-state index in [-0.39, 0.29) is 35.4 Å². The molecule has 2 amide bonds. The van der Waals surface area contributed by atoms with Crippen LogP contribution < -0.4 is 16.0 Å². The Morgan fingerprint density at radius 2 is 2.00 bits per heavy atom. The molecule has 2 aliphatic rings. The van der Waals surface area contributed by atoms with Crippen LogP contribution in [0.4, 0.5) is 0 Å². The predicted molar refractivity (Wildman–Crippen MR) is 109 cm³/mol. The number of hydrogen-bond acceptors (Lipinski definition) is 5. The Balaban J connectivity index is 1.62. The SMILES string of the molecule is CC1(C)CC(NC(=O)C[C@@H]2C(=O)NCCN2Cc2cccnc2)CC(C)(C)N1. The lowest BCUT2D eigenvalue weighted by Crippen LogP contribution is -2.62. The molecule has 2 aliphatic heterocycles. The van der Waals surface area contributed by atoms with Crippen LogP contribution in [-0.4, -0.2) is 57.9 Å². The quantitative estimate of drug-likeness (QED) is 0.707. The van der Waals surface area contributed by atoms with E-state index in [0.717, 1.165) is 24.9 Å². The fourth-order valence-electron chi connectivity index (χ4n) is 4.79. The molecule has 0 aliphatic carbocycles. The number of piperazine rings is 1. The summed E-state index contributed by atoms with van der Waals surface area (Å²) in [5.74, 6) is -0.131. The number of hydrogen-bond donors (Lipinski definition) is 3. The van der Waals surface area contributed by atoms with Crippen molar-refractivity contribution in [2.75, 3.05) is 13.1 Å². The molecule has 1 aromatic rings. The number of pyridine rings is 1. The molecule has 7 nitrogen and oxygen atoms in total. The summed E-state index contributed by atoms with van der Waals surface area (Å²) < 4.78 is 0. The molecule has 1 aromatic heterocycles. The third-order valence-corrected chi connectivity index (χ3v) is 5.48. The molecule has 7 heteroatoms. The van der Waals surface area contributed by atoms with Crippen molar-refractivity contribution in [1.82, 2.24) is 25.8 Å². The highest BCUT2D eigenvalue weighted by molar-refractivity contribution is 5.88. The summed E-state index contributed by atoms with van der Waals surface area (Å²) in [6.07, 6.45) is 5.47. The molecular formula is C21H33N5O2. The van der Waals surface area contributed by atoms with Crippen molar-refractivity contribution in [1.29, 1.82) is 0 Å². The van der Waals surface area contributed by atoms with Gasteiger partial charge in [-0.15, -0.1) is 0 Å². The lowest BCUT2D eigenvalue weighted by Gasteiger charge is -2.46. The predicted octanol–water partition coefficient (Wildman–Crippen LogP) is 1.20. The molecule has 0 spiro atoms. The van der Waals surface area contributed by atoms with Crippen LogP contribution in [0.5, 0.6) is 0 Å². The van der Waals surface area contributed by atoms with Gasteiger partial charge >= 0.3 is 0 Å². The van der Waals surface area contributed by atoms with Gasteiger partial charge in [-0.2, -0.15) is 0 Å². The van der Waals surface area contributed by atoms with Crippen molar-refractivity contribution >= 4 is 11.8 Å². The second-order valence-electron chi connectivity index (χ2n) is 9.41. The first-order chi connectivity index (χ1) is 13.1. The highest BCUT2D eigenvalue weighted by atomic mass is 16.2. The molecule has 3 rings (SSSR count). The summed E-state index contributed by atoms with van der Waals surface area (Å²) in [5, 5.41) is 9.71. The second-order valence-corrected chi connectivity index (χ2v) is 9.41. The summed E-state index contributed by atoms with van der Waals surface area (Å²) in [6.45, 7) is 10.6. The molecule has 2 fully saturated rings. The van der Waals surface area contributed by atoms with Crippen molar-refractivity contribution in [3.05, 3.63) is 30.1 Å². The van der Waals surface area contributed by atoms with E-state index in [9.17, 15) is 9.59 Å². The first-order valence-electron chi connectivity index (χ1n) is 10.1. The van der Waals surface area contributed by atoms with Crippen LogP contribution in [0, 0.1) is 0 Å². The van der Waals surface area contributed by atoms with E-state index in [1.807, 2.05) is 18.3 Å². The van der Waals surface area contributed by atoms with E-state index >= 15 is 0 Å². The molecule has 0 unspecified atom stereocenters. The van der Waals surface area contributed by atoms with E-state index in [1.165, 1.54) is 0 Å². The molecule has 3 heterocycles. The van der Waals surface area contributed by atoms with Gasteiger partial charge in [-0.25, -0.2) is 0 Å². The molecule has 3 N–H and O–H groups in total. The summed E-state index contributed by atoms with van der Waals surface area (Å²) >= 11 is 0. The molecule has 0 radical (unpaired) electrons. The summed E-state index contributed by atoms with van der Waals surface area (Å²) in [5.41, 5.74) is 0.979. The van der Waals surface area contributed by atoms with Crippen LogP contribution in [-0.2, 0) is 16.1 Å². The minimum Gasteiger partial charge on any atom is -0.353 e. The summed E-state index contributed by atoms with van der Waals surface area (Å²) in [7, 11) is 0. The van der Waals surface area contributed by atoms with Crippen LogP contribution in [0.25, 0.3) is 0 Å². The van der Waals surface area contributed by atoms with Gasteiger partial charge in [0, 0.05) is 49.1 Å². The zero-order chi connectivity index (χ0) is 20.4. The Bertz CT molecular complexity index is 688. The van der Waals surface area contributed by atoms with Crippen LogP contribution in [0.3, 0.4) is 0 Å². The number of aromatic nitrogens is 1. The van der Waals surface area contributed by atoms with Crippen molar-refractivity contribution < 1.29 is 9.59 Å². The second kappa shape index (κ2) is 8.17. The molecule has 0 aromatic carbocycles. The summed E-state index contributed by atoms with van der Waals surface area (Å²) in [6, 6.07) is 3.55. The van der Waals surface area contributed by atoms with E-state index in [0.29, 0.717) is 13.1 Å². The van der Waals surface area contributed by atoms with E-state index in [2.05, 4.69) is 53.5 Å². The number of carbonyl (C=O) groups is 2. The van der Waals surface area contributed by atoms with Gasteiger partial charge in [0.05, 0.1) is 12.5 Å². The van der Waals surface area contributed by atoms with Crippen molar-refractivity contribution in [3.8, 4) is 0 Å². The lowest BCUT2D eigenvalue weighted by atomic mass is 9.79. The minimum absolute atomic E-state index is 0.0335. The monoisotopic (exact) mass is 387 g/mol. The van der Waals surface area contributed by atoms with Gasteiger partial charge < -0.3 is 16.0 Å². The van der Waals surface area contributed by atoms with Gasteiger partial charge in [-0.1, -0.05) is 6.07 Å². The largest absolute Gasteiger partial charge is 0.353 e. The molecule has 2 saturated heterocycles. The Labute approximate surface area is 167 Å². The summed E-state index contributed by atoms with van der Waals surface area (Å²) in [4.78, 5) is 31.5. The van der Waals surface area contributed by atoms with Crippen LogP contribution in [0.15, 0.2) is 24.5 Å².